The number of guanidine groups is 1. The Hall–Kier alpha value is -0.840. The zero-order valence-electron chi connectivity index (χ0n) is 14.0. The normalized spacial score (nSPS) is 13.3. The molecule has 0 bridgehead atoms. The van der Waals surface area contributed by atoms with E-state index < -0.39 is 9.84 Å². The van der Waals surface area contributed by atoms with Gasteiger partial charge in [0.15, 0.2) is 5.96 Å². The molecule has 1 atom stereocenters. The average molecular weight is 457 g/mol. The van der Waals surface area contributed by atoms with Gasteiger partial charge in [0.1, 0.15) is 9.84 Å². The SMILES string of the molecule is CCNC(=NCCCn1cccn1)NC(C)CCS(C)(=O)=O.I. The van der Waals surface area contributed by atoms with Crippen LogP contribution in [0.4, 0.5) is 0 Å². The molecule has 0 aliphatic heterocycles. The zero-order valence-corrected chi connectivity index (χ0v) is 17.2. The van der Waals surface area contributed by atoms with Gasteiger partial charge in [-0.1, -0.05) is 0 Å². The van der Waals surface area contributed by atoms with Crippen molar-refractivity contribution in [3.63, 3.8) is 0 Å². The van der Waals surface area contributed by atoms with Crippen molar-refractivity contribution < 1.29 is 8.42 Å². The Balaban J connectivity index is 0.00000484. The lowest BCUT2D eigenvalue weighted by molar-refractivity contribution is 0.574. The Morgan fingerprint density at radius 2 is 2.17 bits per heavy atom. The number of aryl methyl sites for hydroxylation is 1. The maximum Gasteiger partial charge on any atom is 0.191 e. The molecule has 1 unspecified atom stereocenters. The molecule has 0 spiro atoms. The molecule has 1 rings (SSSR count). The topological polar surface area (TPSA) is 88.4 Å². The van der Waals surface area contributed by atoms with Crippen LogP contribution >= 0.6 is 24.0 Å². The molecule has 0 amide bonds. The highest BCUT2D eigenvalue weighted by atomic mass is 127. The number of rotatable bonds is 9. The van der Waals surface area contributed by atoms with Gasteiger partial charge in [-0.3, -0.25) is 9.67 Å². The molecule has 0 aliphatic carbocycles. The minimum Gasteiger partial charge on any atom is -0.357 e. The molecular formula is C14H28IN5O2S. The summed E-state index contributed by atoms with van der Waals surface area (Å²) in [7, 11) is -2.92. The summed E-state index contributed by atoms with van der Waals surface area (Å²) in [6.07, 6.45) is 6.42. The number of sulfone groups is 1. The summed E-state index contributed by atoms with van der Waals surface area (Å²) in [6.45, 7) is 6.25. The van der Waals surface area contributed by atoms with Crippen molar-refractivity contribution >= 4 is 39.8 Å². The van der Waals surface area contributed by atoms with Crippen LogP contribution in [0.2, 0.25) is 0 Å². The second-order valence-electron chi connectivity index (χ2n) is 5.35. The van der Waals surface area contributed by atoms with E-state index >= 15 is 0 Å². The number of aliphatic imine (C=N–C) groups is 1. The quantitative estimate of drug-likeness (QED) is 0.252. The Morgan fingerprint density at radius 1 is 1.43 bits per heavy atom. The number of hydrogen-bond donors (Lipinski definition) is 2. The van der Waals surface area contributed by atoms with Crippen LogP contribution in [0.3, 0.4) is 0 Å². The van der Waals surface area contributed by atoms with Gasteiger partial charge in [0.2, 0.25) is 0 Å². The van der Waals surface area contributed by atoms with Gasteiger partial charge in [-0.2, -0.15) is 5.10 Å². The molecule has 134 valence electrons. The lowest BCUT2D eigenvalue weighted by Gasteiger charge is -2.17. The van der Waals surface area contributed by atoms with Crippen molar-refractivity contribution in [2.45, 2.75) is 39.3 Å². The Labute approximate surface area is 156 Å². The third kappa shape index (κ3) is 11.4. The fraction of sp³-hybridized carbons (Fsp3) is 0.714. The Morgan fingerprint density at radius 3 is 2.74 bits per heavy atom. The highest BCUT2D eigenvalue weighted by Gasteiger charge is 2.09. The molecule has 7 nitrogen and oxygen atoms in total. The van der Waals surface area contributed by atoms with Crippen molar-refractivity contribution in [1.82, 2.24) is 20.4 Å². The highest BCUT2D eigenvalue weighted by molar-refractivity contribution is 14.0. The smallest absolute Gasteiger partial charge is 0.191 e. The monoisotopic (exact) mass is 457 g/mol. The maximum absolute atomic E-state index is 11.2. The number of nitrogens with zero attached hydrogens (tertiary/aromatic N) is 3. The lowest BCUT2D eigenvalue weighted by atomic mass is 10.3. The van der Waals surface area contributed by atoms with E-state index in [1.807, 2.05) is 30.8 Å². The molecule has 0 aliphatic rings. The van der Waals surface area contributed by atoms with E-state index in [0.29, 0.717) is 13.0 Å². The fourth-order valence-corrected chi connectivity index (χ4v) is 2.65. The van der Waals surface area contributed by atoms with Crippen molar-refractivity contribution in [2.24, 2.45) is 4.99 Å². The van der Waals surface area contributed by atoms with E-state index in [4.69, 9.17) is 0 Å². The fourth-order valence-electron chi connectivity index (χ4n) is 1.87. The third-order valence-corrected chi connectivity index (χ3v) is 4.00. The van der Waals surface area contributed by atoms with Crippen molar-refractivity contribution in [3.05, 3.63) is 18.5 Å². The van der Waals surface area contributed by atoms with Crippen LogP contribution < -0.4 is 10.6 Å². The first-order valence-corrected chi connectivity index (χ1v) is 9.66. The summed E-state index contributed by atoms with van der Waals surface area (Å²) in [5, 5.41) is 10.6. The predicted octanol–water partition coefficient (Wildman–Crippen LogP) is 1.27. The summed E-state index contributed by atoms with van der Waals surface area (Å²) < 4.78 is 24.3. The minimum absolute atomic E-state index is 0. The van der Waals surface area contributed by atoms with Crippen LogP contribution in [0.5, 0.6) is 0 Å². The molecule has 0 fully saturated rings. The zero-order chi connectivity index (χ0) is 16.4. The molecule has 0 aromatic carbocycles. The standard InChI is InChI=1S/C14H27N5O2S.HI/c1-4-15-14(18-13(2)7-12-22(3,20)21)16-8-5-10-19-11-6-9-17-19;/h6,9,11,13H,4-5,7-8,10,12H2,1-3H3,(H2,15,16,18);1H. The molecule has 0 saturated carbocycles. The molecule has 0 saturated heterocycles. The van der Waals surface area contributed by atoms with E-state index in [1.54, 1.807) is 6.20 Å². The first kappa shape index (κ1) is 22.2. The summed E-state index contributed by atoms with van der Waals surface area (Å²) >= 11 is 0. The first-order chi connectivity index (χ1) is 10.4. The van der Waals surface area contributed by atoms with Gasteiger partial charge in [-0.05, 0) is 32.8 Å². The lowest BCUT2D eigenvalue weighted by Crippen LogP contribution is -2.42. The number of hydrogen-bond acceptors (Lipinski definition) is 4. The second kappa shape index (κ2) is 11.7. The van der Waals surface area contributed by atoms with Gasteiger partial charge in [0.25, 0.3) is 0 Å². The molecule has 1 aromatic heterocycles. The summed E-state index contributed by atoms with van der Waals surface area (Å²) in [5.41, 5.74) is 0. The van der Waals surface area contributed by atoms with Gasteiger partial charge in [-0.25, -0.2) is 8.42 Å². The van der Waals surface area contributed by atoms with E-state index in [-0.39, 0.29) is 35.8 Å². The molecule has 23 heavy (non-hydrogen) atoms. The van der Waals surface area contributed by atoms with Crippen LogP contribution in [-0.4, -0.2) is 55.3 Å². The van der Waals surface area contributed by atoms with Crippen LogP contribution in [0, 0.1) is 0 Å². The minimum atomic E-state index is -2.92. The predicted molar refractivity (Wildman–Crippen MR) is 105 cm³/mol. The summed E-state index contributed by atoms with van der Waals surface area (Å²) in [4.78, 5) is 4.50. The van der Waals surface area contributed by atoms with Crippen LogP contribution in [0.25, 0.3) is 0 Å². The molecular weight excluding hydrogens is 429 g/mol. The highest BCUT2D eigenvalue weighted by Crippen LogP contribution is 1.96. The average Bonchev–Trinajstić information content (AvgIpc) is 2.94. The third-order valence-electron chi connectivity index (χ3n) is 3.02. The maximum atomic E-state index is 11.2. The first-order valence-electron chi connectivity index (χ1n) is 7.60. The number of halogens is 1. The molecule has 2 N–H and O–H groups in total. The molecule has 9 heteroatoms. The van der Waals surface area contributed by atoms with Crippen LogP contribution in [0.15, 0.2) is 23.5 Å². The largest absolute Gasteiger partial charge is 0.357 e. The van der Waals surface area contributed by atoms with Crippen LogP contribution in [0.1, 0.15) is 26.7 Å². The van der Waals surface area contributed by atoms with Gasteiger partial charge in [0, 0.05) is 44.3 Å². The van der Waals surface area contributed by atoms with Crippen molar-refractivity contribution in [1.29, 1.82) is 0 Å². The number of nitrogens with one attached hydrogen (secondary N) is 2. The van der Waals surface area contributed by atoms with E-state index in [2.05, 4.69) is 20.7 Å². The van der Waals surface area contributed by atoms with Gasteiger partial charge in [0.05, 0.1) is 5.75 Å². The van der Waals surface area contributed by atoms with Crippen molar-refractivity contribution in [3.8, 4) is 0 Å². The summed E-state index contributed by atoms with van der Waals surface area (Å²) in [6, 6.07) is 1.96. The number of aromatic nitrogens is 2. The van der Waals surface area contributed by atoms with Gasteiger partial charge < -0.3 is 10.6 Å². The summed E-state index contributed by atoms with van der Waals surface area (Å²) in [5.74, 6) is 0.906. The van der Waals surface area contributed by atoms with E-state index in [0.717, 1.165) is 25.5 Å². The Bertz CT molecular complexity index is 546. The van der Waals surface area contributed by atoms with Crippen LogP contribution in [-0.2, 0) is 16.4 Å². The second-order valence-corrected chi connectivity index (χ2v) is 7.61. The molecule has 1 heterocycles. The molecule has 1 aromatic rings. The van der Waals surface area contributed by atoms with Gasteiger partial charge in [-0.15, -0.1) is 24.0 Å². The van der Waals surface area contributed by atoms with E-state index in [9.17, 15) is 8.42 Å². The van der Waals surface area contributed by atoms with Gasteiger partial charge >= 0.3 is 0 Å². The molecule has 0 radical (unpaired) electrons. The Kier molecular flexibility index (Phi) is 11.2. The van der Waals surface area contributed by atoms with Crippen molar-refractivity contribution in [2.75, 3.05) is 25.1 Å². The van der Waals surface area contributed by atoms with E-state index in [1.165, 1.54) is 6.26 Å².